The SMILES string of the molecule is Cc1ccc(C(C)C)cc1OCC(=O)OCC(=O)NCc1ccccc1F. The number of hydrogen-bond donors (Lipinski definition) is 1. The third-order valence-corrected chi connectivity index (χ3v) is 4.02. The maximum Gasteiger partial charge on any atom is 0.344 e. The molecule has 0 aliphatic carbocycles. The molecule has 0 atom stereocenters. The summed E-state index contributed by atoms with van der Waals surface area (Å²) in [4.78, 5) is 23.5. The zero-order valence-electron chi connectivity index (χ0n) is 15.8. The molecule has 0 heterocycles. The van der Waals surface area contributed by atoms with E-state index < -0.39 is 24.3 Å². The first kappa shape index (κ1) is 20.4. The van der Waals surface area contributed by atoms with Crippen LogP contribution in [-0.4, -0.2) is 25.1 Å². The predicted molar refractivity (Wildman–Crippen MR) is 100.0 cm³/mol. The quantitative estimate of drug-likeness (QED) is 0.720. The zero-order valence-corrected chi connectivity index (χ0v) is 15.8. The summed E-state index contributed by atoms with van der Waals surface area (Å²) >= 11 is 0. The number of amides is 1. The minimum Gasteiger partial charge on any atom is -0.482 e. The Bertz CT molecular complexity index is 805. The Kier molecular flexibility index (Phi) is 7.34. The Morgan fingerprint density at radius 2 is 1.85 bits per heavy atom. The third-order valence-electron chi connectivity index (χ3n) is 4.02. The Morgan fingerprint density at radius 3 is 2.56 bits per heavy atom. The van der Waals surface area contributed by atoms with E-state index in [2.05, 4.69) is 19.2 Å². The van der Waals surface area contributed by atoms with Gasteiger partial charge in [0.25, 0.3) is 5.91 Å². The maximum atomic E-state index is 13.5. The Morgan fingerprint density at radius 1 is 1.11 bits per heavy atom. The molecule has 5 nitrogen and oxygen atoms in total. The van der Waals surface area contributed by atoms with E-state index in [1.54, 1.807) is 18.2 Å². The highest BCUT2D eigenvalue weighted by molar-refractivity contribution is 5.80. The molecule has 0 aromatic heterocycles. The molecular weight excluding hydrogens is 349 g/mol. The second-order valence-corrected chi connectivity index (χ2v) is 6.50. The summed E-state index contributed by atoms with van der Waals surface area (Å²) in [6, 6.07) is 12.0. The van der Waals surface area contributed by atoms with Gasteiger partial charge in [-0.3, -0.25) is 4.79 Å². The molecule has 6 heteroatoms. The molecule has 0 aliphatic heterocycles. The van der Waals surface area contributed by atoms with Gasteiger partial charge in [0.05, 0.1) is 0 Å². The number of benzene rings is 2. The molecule has 0 saturated carbocycles. The number of ether oxygens (including phenoxy) is 2. The third kappa shape index (κ3) is 6.40. The van der Waals surface area contributed by atoms with Gasteiger partial charge in [-0.25, -0.2) is 9.18 Å². The molecule has 2 aromatic rings. The minimum absolute atomic E-state index is 0.0285. The summed E-state index contributed by atoms with van der Waals surface area (Å²) < 4.78 is 23.9. The van der Waals surface area contributed by atoms with Crippen LogP contribution in [0.15, 0.2) is 42.5 Å². The zero-order chi connectivity index (χ0) is 19.8. The van der Waals surface area contributed by atoms with Gasteiger partial charge in [-0.1, -0.05) is 44.2 Å². The summed E-state index contributed by atoms with van der Waals surface area (Å²) in [5, 5.41) is 2.50. The highest BCUT2D eigenvalue weighted by Crippen LogP contribution is 2.24. The fourth-order valence-corrected chi connectivity index (χ4v) is 2.34. The lowest BCUT2D eigenvalue weighted by molar-refractivity contribution is -0.150. The smallest absolute Gasteiger partial charge is 0.344 e. The van der Waals surface area contributed by atoms with Crippen molar-refractivity contribution in [3.05, 3.63) is 65.0 Å². The highest BCUT2D eigenvalue weighted by Gasteiger charge is 2.11. The summed E-state index contributed by atoms with van der Waals surface area (Å²) in [6.45, 7) is 5.33. The van der Waals surface area contributed by atoms with Crippen LogP contribution in [0.1, 0.15) is 36.5 Å². The van der Waals surface area contributed by atoms with Crippen LogP contribution in [0.5, 0.6) is 5.75 Å². The molecule has 0 fully saturated rings. The molecule has 0 saturated heterocycles. The maximum absolute atomic E-state index is 13.5. The average Bonchev–Trinajstić information content (AvgIpc) is 2.64. The van der Waals surface area contributed by atoms with Gasteiger partial charge in [-0.2, -0.15) is 0 Å². The summed E-state index contributed by atoms with van der Waals surface area (Å²) in [6.07, 6.45) is 0. The first-order chi connectivity index (χ1) is 12.9. The van der Waals surface area contributed by atoms with Crippen LogP contribution in [0.2, 0.25) is 0 Å². The lowest BCUT2D eigenvalue weighted by atomic mass is 10.0. The molecular formula is C21H24FNO4. The van der Waals surface area contributed by atoms with E-state index in [1.165, 1.54) is 6.07 Å². The number of halogens is 1. The van der Waals surface area contributed by atoms with E-state index in [4.69, 9.17) is 9.47 Å². The Hall–Kier alpha value is -2.89. The normalized spacial score (nSPS) is 10.6. The van der Waals surface area contributed by atoms with Crippen LogP contribution in [-0.2, 0) is 20.9 Å². The second-order valence-electron chi connectivity index (χ2n) is 6.50. The van der Waals surface area contributed by atoms with Crippen LogP contribution in [0, 0.1) is 12.7 Å². The van der Waals surface area contributed by atoms with Crippen molar-refractivity contribution < 1.29 is 23.5 Å². The van der Waals surface area contributed by atoms with Crippen molar-refractivity contribution in [1.29, 1.82) is 0 Å². The molecule has 0 radical (unpaired) electrons. The van der Waals surface area contributed by atoms with Crippen LogP contribution >= 0.6 is 0 Å². The van der Waals surface area contributed by atoms with Crippen molar-refractivity contribution in [3.63, 3.8) is 0 Å². The van der Waals surface area contributed by atoms with E-state index in [-0.39, 0.29) is 13.2 Å². The van der Waals surface area contributed by atoms with Gasteiger partial charge in [-0.05, 0) is 36.1 Å². The Balaban J connectivity index is 1.75. The van der Waals surface area contributed by atoms with Crippen LogP contribution in [0.3, 0.4) is 0 Å². The molecule has 2 rings (SSSR count). The minimum atomic E-state index is -0.648. The molecule has 1 N–H and O–H groups in total. The number of nitrogens with one attached hydrogen (secondary N) is 1. The van der Waals surface area contributed by atoms with E-state index >= 15 is 0 Å². The number of hydrogen-bond acceptors (Lipinski definition) is 4. The molecule has 0 unspecified atom stereocenters. The number of carbonyl (C=O) groups is 2. The molecule has 144 valence electrons. The fourth-order valence-electron chi connectivity index (χ4n) is 2.34. The van der Waals surface area contributed by atoms with Gasteiger partial charge in [0.1, 0.15) is 11.6 Å². The van der Waals surface area contributed by atoms with Gasteiger partial charge >= 0.3 is 5.97 Å². The van der Waals surface area contributed by atoms with Crippen LogP contribution in [0.25, 0.3) is 0 Å². The van der Waals surface area contributed by atoms with E-state index in [9.17, 15) is 14.0 Å². The lowest BCUT2D eigenvalue weighted by Gasteiger charge is -2.12. The number of aryl methyl sites for hydroxylation is 1. The van der Waals surface area contributed by atoms with Gasteiger partial charge in [0.2, 0.25) is 0 Å². The van der Waals surface area contributed by atoms with Crippen molar-refractivity contribution in [3.8, 4) is 5.75 Å². The number of rotatable bonds is 8. The first-order valence-corrected chi connectivity index (χ1v) is 8.76. The van der Waals surface area contributed by atoms with E-state index in [1.807, 2.05) is 25.1 Å². The van der Waals surface area contributed by atoms with Gasteiger partial charge in [-0.15, -0.1) is 0 Å². The topological polar surface area (TPSA) is 64.6 Å². The molecule has 0 aliphatic rings. The van der Waals surface area contributed by atoms with Crippen molar-refractivity contribution in [2.75, 3.05) is 13.2 Å². The lowest BCUT2D eigenvalue weighted by Crippen LogP contribution is -2.29. The average molecular weight is 373 g/mol. The van der Waals surface area contributed by atoms with Gasteiger partial charge in [0, 0.05) is 12.1 Å². The van der Waals surface area contributed by atoms with Crippen molar-refractivity contribution in [2.24, 2.45) is 0 Å². The van der Waals surface area contributed by atoms with E-state index in [0.717, 1.165) is 11.1 Å². The second kappa shape index (κ2) is 9.71. The van der Waals surface area contributed by atoms with Crippen molar-refractivity contribution in [1.82, 2.24) is 5.32 Å². The van der Waals surface area contributed by atoms with Crippen molar-refractivity contribution in [2.45, 2.75) is 33.2 Å². The standard InChI is InChI=1S/C21H24FNO4/c1-14(2)16-9-8-15(3)19(10-16)26-13-21(25)27-12-20(24)23-11-17-6-4-5-7-18(17)22/h4-10,14H,11-13H2,1-3H3,(H,23,24). The summed E-state index contributed by atoms with van der Waals surface area (Å²) in [5.41, 5.74) is 2.38. The molecule has 2 aromatic carbocycles. The molecule has 0 spiro atoms. The Labute approximate surface area is 158 Å². The molecule has 0 bridgehead atoms. The van der Waals surface area contributed by atoms with E-state index in [0.29, 0.717) is 17.2 Å². The summed E-state index contributed by atoms with van der Waals surface area (Å²) in [5.74, 6) is -0.600. The predicted octanol–water partition coefficient (Wildman–Crippen LogP) is 3.50. The fraction of sp³-hybridized carbons (Fsp3) is 0.333. The van der Waals surface area contributed by atoms with Crippen LogP contribution < -0.4 is 10.1 Å². The van der Waals surface area contributed by atoms with Crippen LogP contribution in [0.4, 0.5) is 4.39 Å². The first-order valence-electron chi connectivity index (χ1n) is 8.76. The van der Waals surface area contributed by atoms with Gasteiger partial charge < -0.3 is 14.8 Å². The summed E-state index contributed by atoms with van der Waals surface area (Å²) in [7, 11) is 0. The van der Waals surface area contributed by atoms with Crippen molar-refractivity contribution >= 4 is 11.9 Å². The number of carbonyl (C=O) groups excluding carboxylic acids is 2. The van der Waals surface area contributed by atoms with Gasteiger partial charge in [0.15, 0.2) is 13.2 Å². The molecule has 27 heavy (non-hydrogen) atoms. The molecule has 1 amide bonds. The highest BCUT2D eigenvalue weighted by atomic mass is 19.1. The number of esters is 1. The monoisotopic (exact) mass is 373 g/mol. The largest absolute Gasteiger partial charge is 0.482 e.